The van der Waals surface area contributed by atoms with E-state index in [-0.39, 0.29) is 18.5 Å². The number of aromatic nitrogens is 3. The molecule has 0 bridgehead atoms. The van der Waals surface area contributed by atoms with Crippen LogP contribution in [0.1, 0.15) is 11.3 Å². The molecule has 1 aromatic heterocycles. The first-order valence-electron chi connectivity index (χ1n) is 8.07. The zero-order chi connectivity index (χ0) is 17.5. The molecule has 5 nitrogen and oxygen atoms in total. The van der Waals surface area contributed by atoms with Gasteiger partial charge in [-0.05, 0) is 29.8 Å². The van der Waals surface area contributed by atoms with Crippen LogP contribution in [0.2, 0.25) is 0 Å². The lowest BCUT2D eigenvalue weighted by Gasteiger charge is -2.14. The van der Waals surface area contributed by atoms with Gasteiger partial charge in [-0.1, -0.05) is 35.5 Å². The molecule has 0 aliphatic heterocycles. The molecule has 2 aromatic carbocycles. The van der Waals surface area contributed by atoms with Crippen LogP contribution in [-0.4, -0.2) is 28.2 Å². The first-order valence-corrected chi connectivity index (χ1v) is 8.07. The summed E-state index contributed by atoms with van der Waals surface area (Å²) in [5, 5.41) is 8.22. The molecule has 3 aromatic rings. The topological polar surface area (TPSA) is 49.2 Å². The van der Waals surface area contributed by atoms with Gasteiger partial charge in [-0.3, -0.25) is 0 Å². The Morgan fingerprint density at radius 2 is 1.84 bits per heavy atom. The van der Waals surface area contributed by atoms with E-state index in [2.05, 4.69) is 22.4 Å². The van der Waals surface area contributed by atoms with Gasteiger partial charge in [0.05, 0.1) is 18.8 Å². The SMILES string of the molecule is COC(Cc1ccccc1)Cn1cc(COc2ccc(F)cc2)nn1. The van der Waals surface area contributed by atoms with Crippen LogP contribution in [0.4, 0.5) is 4.39 Å². The summed E-state index contributed by atoms with van der Waals surface area (Å²) in [6.45, 7) is 0.886. The van der Waals surface area contributed by atoms with Crippen molar-refractivity contribution in [1.29, 1.82) is 0 Å². The number of hydrogen-bond acceptors (Lipinski definition) is 4. The summed E-state index contributed by atoms with van der Waals surface area (Å²) in [6.07, 6.45) is 2.65. The van der Waals surface area contributed by atoms with Crippen molar-refractivity contribution in [2.24, 2.45) is 0 Å². The molecule has 1 heterocycles. The molecular weight excluding hydrogens is 321 g/mol. The summed E-state index contributed by atoms with van der Waals surface area (Å²) in [6, 6.07) is 16.1. The Hall–Kier alpha value is -2.73. The van der Waals surface area contributed by atoms with E-state index < -0.39 is 0 Å². The summed E-state index contributed by atoms with van der Waals surface area (Å²) >= 11 is 0. The number of ether oxygens (including phenoxy) is 2. The maximum absolute atomic E-state index is 12.9. The maximum Gasteiger partial charge on any atom is 0.134 e. The number of nitrogens with zero attached hydrogens (tertiary/aromatic N) is 3. The average Bonchev–Trinajstić information content (AvgIpc) is 3.09. The standard InChI is InChI=1S/C19H20FN3O2/c1-24-19(11-15-5-3-2-4-6-15)13-23-12-17(21-22-23)14-25-18-9-7-16(20)8-10-18/h2-10,12,19H,11,13-14H2,1H3. The number of rotatable bonds is 8. The van der Waals surface area contributed by atoms with E-state index in [4.69, 9.17) is 9.47 Å². The van der Waals surface area contributed by atoms with Gasteiger partial charge < -0.3 is 9.47 Å². The molecule has 0 aliphatic carbocycles. The highest BCUT2D eigenvalue weighted by Crippen LogP contribution is 2.13. The van der Waals surface area contributed by atoms with Crippen LogP contribution in [-0.2, 0) is 24.3 Å². The Morgan fingerprint density at radius 3 is 2.56 bits per heavy atom. The highest BCUT2D eigenvalue weighted by molar-refractivity contribution is 5.22. The molecule has 130 valence electrons. The zero-order valence-electron chi connectivity index (χ0n) is 14.0. The van der Waals surface area contributed by atoms with Crippen LogP contribution in [0.3, 0.4) is 0 Å². The van der Waals surface area contributed by atoms with Crippen molar-refractivity contribution in [3.05, 3.63) is 77.9 Å². The number of halogens is 1. The zero-order valence-corrected chi connectivity index (χ0v) is 14.0. The normalized spacial score (nSPS) is 12.1. The molecule has 0 saturated heterocycles. The van der Waals surface area contributed by atoms with Gasteiger partial charge >= 0.3 is 0 Å². The van der Waals surface area contributed by atoms with E-state index in [0.717, 1.165) is 6.42 Å². The smallest absolute Gasteiger partial charge is 0.134 e. The second kappa shape index (κ2) is 8.39. The van der Waals surface area contributed by atoms with Gasteiger partial charge in [0.15, 0.2) is 0 Å². The van der Waals surface area contributed by atoms with Crippen molar-refractivity contribution in [1.82, 2.24) is 15.0 Å². The third-order valence-corrected chi connectivity index (χ3v) is 3.82. The lowest BCUT2D eigenvalue weighted by Crippen LogP contribution is -2.21. The van der Waals surface area contributed by atoms with Crippen molar-refractivity contribution in [2.75, 3.05) is 7.11 Å². The average molecular weight is 341 g/mol. The van der Waals surface area contributed by atoms with Gasteiger partial charge in [0.25, 0.3) is 0 Å². The van der Waals surface area contributed by atoms with Crippen molar-refractivity contribution in [2.45, 2.75) is 25.7 Å². The fraction of sp³-hybridized carbons (Fsp3) is 0.263. The van der Waals surface area contributed by atoms with Crippen LogP contribution in [0.5, 0.6) is 5.75 Å². The first kappa shape index (κ1) is 17.1. The molecule has 0 N–H and O–H groups in total. The summed E-state index contributed by atoms with van der Waals surface area (Å²) in [7, 11) is 1.70. The Morgan fingerprint density at radius 1 is 1.08 bits per heavy atom. The molecule has 0 radical (unpaired) electrons. The lowest BCUT2D eigenvalue weighted by molar-refractivity contribution is 0.0843. The van der Waals surface area contributed by atoms with Crippen LogP contribution in [0, 0.1) is 5.82 Å². The van der Waals surface area contributed by atoms with E-state index in [0.29, 0.717) is 18.0 Å². The molecule has 0 fully saturated rings. The van der Waals surface area contributed by atoms with E-state index in [1.165, 1.54) is 17.7 Å². The Balaban J connectivity index is 1.54. The molecule has 1 atom stereocenters. The highest BCUT2D eigenvalue weighted by atomic mass is 19.1. The fourth-order valence-electron chi connectivity index (χ4n) is 2.49. The molecular formula is C19H20FN3O2. The molecule has 3 rings (SSSR count). The van der Waals surface area contributed by atoms with Crippen LogP contribution < -0.4 is 4.74 Å². The van der Waals surface area contributed by atoms with Gasteiger partial charge in [-0.25, -0.2) is 9.07 Å². The quantitative estimate of drug-likeness (QED) is 0.631. The molecule has 1 unspecified atom stereocenters. The predicted molar refractivity (Wildman–Crippen MR) is 91.7 cm³/mol. The first-order chi connectivity index (χ1) is 12.2. The van der Waals surface area contributed by atoms with Gasteiger partial charge in [0.2, 0.25) is 0 Å². The number of benzene rings is 2. The summed E-state index contributed by atoms with van der Waals surface area (Å²) in [5.74, 6) is 0.303. The molecule has 25 heavy (non-hydrogen) atoms. The van der Waals surface area contributed by atoms with Crippen molar-refractivity contribution in [3.63, 3.8) is 0 Å². The van der Waals surface area contributed by atoms with Gasteiger partial charge in [0, 0.05) is 13.5 Å². The van der Waals surface area contributed by atoms with E-state index in [1.54, 1.807) is 23.9 Å². The lowest BCUT2D eigenvalue weighted by atomic mass is 10.1. The van der Waals surface area contributed by atoms with Gasteiger partial charge in [-0.2, -0.15) is 0 Å². The van der Waals surface area contributed by atoms with Gasteiger partial charge in [-0.15, -0.1) is 5.10 Å². The van der Waals surface area contributed by atoms with Crippen LogP contribution in [0.15, 0.2) is 60.8 Å². The minimum atomic E-state index is -0.290. The van der Waals surface area contributed by atoms with Crippen molar-refractivity contribution < 1.29 is 13.9 Å². The second-order valence-electron chi connectivity index (χ2n) is 5.72. The van der Waals surface area contributed by atoms with Crippen molar-refractivity contribution >= 4 is 0 Å². The summed E-state index contributed by atoms with van der Waals surface area (Å²) in [4.78, 5) is 0. The molecule has 0 amide bonds. The van der Waals surface area contributed by atoms with E-state index in [1.807, 2.05) is 24.4 Å². The molecule has 6 heteroatoms. The fourth-order valence-corrected chi connectivity index (χ4v) is 2.49. The Bertz CT molecular complexity index is 775. The summed E-state index contributed by atoms with van der Waals surface area (Å²) in [5.41, 5.74) is 1.92. The largest absolute Gasteiger partial charge is 0.487 e. The Labute approximate surface area is 146 Å². The Kier molecular flexibility index (Phi) is 5.74. The van der Waals surface area contributed by atoms with Crippen LogP contribution in [0.25, 0.3) is 0 Å². The molecule has 0 spiro atoms. The number of methoxy groups -OCH3 is 1. The monoisotopic (exact) mass is 341 g/mol. The summed E-state index contributed by atoms with van der Waals surface area (Å²) < 4.78 is 25.7. The second-order valence-corrected chi connectivity index (χ2v) is 5.72. The highest BCUT2D eigenvalue weighted by Gasteiger charge is 2.11. The number of hydrogen-bond donors (Lipinski definition) is 0. The van der Waals surface area contributed by atoms with Crippen molar-refractivity contribution in [3.8, 4) is 5.75 Å². The molecule has 0 aliphatic rings. The molecule has 0 saturated carbocycles. The third kappa shape index (κ3) is 5.12. The minimum absolute atomic E-state index is 0.00923. The minimum Gasteiger partial charge on any atom is -0.487 e. The van der Waals surface area contributed by atoms with E-state index >= 15 is 0 Å². The van der Waals surface area contributed by atoms with E-state index in [9.17, 15) is 4.39 Å². The van der Waals surface area contributed by atoms with Gasteiger partial charge in [0.1, 0.15) is 23.9 Å². The van der Waals surface area contributed by atoms with Crippen LogP contribution >= 0.6 is 0 Å². The third-order valence-electron chi connectivity index (χ3n) is 3.82. The maximum atomic E-state index is 12.9. The predicted octanol–water partition coefficient (Wildman–Crippen LogP) is 3.25.